The summed E-state index contributed by atoms with van der Waals surface area (Å²) in [4.78, 5) is 4.59. The molecular formula is C14H16ClFN2S. The van der Waals surface area contributed by atoms with Crippen molar-refractivity contribution in [3.05, 3.63) is 29.8 Å². The highest BCUT2D eigenvalue weighted by atomic mass is 35.5. The average molecular weight is 299 g/mol. The maximum atomic E-state index is 13.5. The van der Waals surface area contributed by atoms with Gasteiger partial charge >= 0.3 is 0 Å². The normalized spacial score (nSPS) is 18.9. The second-order valence-electron chi connectivity index (χ2n) is 4.93. The van der Waals surface area contributed by atoms with E-state index < -0.39 is 0 Å². The van der Waals surface area contributed by atoms with Crippen LogP contribution in [0, 0.1) is 5.82 Å². The zero-order valence-corrected chi connectivity index (χ0v) is 12.3. The van der Waals surface area contributed by atoms with Gasteiger partial charge in [-0.25, -0.2) is 9.37 Å². The van der Waals surface area contributed by atoms with E-state index in [0.29, 0.717) is 6.04 Å². The minimum Gasteiger partial charge on any atom is -0.323 e. The molecule has 1 saturated heterocycles. The summed E-state index contributed by atoms with van der Waals surface area (Å²) in [6.07, 6.45) is 2.20. The molecule has 1 aromatic heterocycles. The fraction of sp³-hybridized carbons (Fsp3) is 0.500. The van der Waals surface area contributed by atoms with E-state index in [9.17, 15) is 4.39 Å². The van der Waals surface area contributed by atoms with Crippen LogP contribution in [0.5, 0.6) is 0 Å². The van der Waals surface area contributed by atoms with Crippen LogP contribution in [0.25, 0.3) is 11.0 Å². The van der Waals surface area contributed by atoms with E-state index in [1.807, 2.05) is 18.7 Å². The van der Waals surface area contributed by atoms with E-state index in [4.69, 9.17) is 11.6 Å². The monoisotopic (exact) mass is 298 g/mol. The van der Waals surface area contributed by atoms with Crippen LogP contribution < -0.4 is 0 Å². The predicted octanol–water partition coefficient (Wildman–Crippen LogP) is 4.54. The molecular weight excluding hydrogens is 283 g/mol. The number of hydrogen-bond donors (Lipinski definition) is 0. The Hall–Kier alpha value is -0.740. The van der Waals surface area contributed by atoms with Gasteiger partial charge in [-0.1, -0.05) is 0 Å². The first-order valence-corrected chi connectivity index (χ1v) is 8.15. The first-order chi connectivity index (χ1) is 9.16. The molecule has 0 bridgehead atoms. The average Bonchev–Trinajstić information content (AvgIpc) is 2.78. The Labute approximate surface area is 121 Å². The number of imidazole rings is 1. The second kappa shape index (κ2) is 5.33. The molecule has 19 heavy (non-hydrogen) atoms. The molecule has 0 amide bonds. The maximum absolute atomic E-state index is 13.5. The molecule has 0 radical (unpaired) electrons. The minimum atomic E-state index is -0.215. The van der Waals surface area contributed by atoms with E-state index in [1.54, 1.807) is 12.1 Å². The van der Waals surface area contributed by atoms with Gasteiger partial charge in [-0.2, -0.15) is 11.8 Å². The van der Waals surface area contributed by atoms with Crippen molar-refractivity contribution in [3.8, 4) is 0 Å². The quantitative estimate of drug-likeness (QED) is 0.757. The minimum absolute atomic E-state index is 0.162. The van der Waals surface area contributed by atoms with Gasteiger partial charge in [-0.15, -0.1) is 11.6 Å². The van der Waals surface area contributed by atoms with Gasteiger partial charge in [0.05, 0.1) is 16.4 Å². The molecule has 1 aromatic carbocycles. The first-order valence-electron chi connectivity index (χ1n) is 6.56. The lowest BCUT2D eigenvalue weighted by Gasteiger charge is -2.25. The van der Waals surface area contributed by atoms with Crippen molar-refractivity contribution < 1.29 is 4.39 Å². The predicted molar refractivity (Wildman–Crippen MR) is 79.6 cm³/mol. The van der Waals surface area contributed by atoms with Gasteiger partial charge in [-0.05, 0) is 49.5 Å². The largest absolute Gasteiger partial charge is 0.323 e. The molecule has 2 nitrogen and oxygen atoms in total. The summed E-state index contributed by atoms with van der Waals surface area (Å²) in [5, 5.41) is -0.162. The summed E-state index contributed by atoms with van der Waals surface area (Å²) in [6.45, 7) is 1.92. The molecule has 0 aliphatic carbocycles. The second-order valence-corrected chi connectivity index (χ2v) is 6.81. The highest BCUT2D eigenvalue weighted by Crippen LogP contribution is 2.34. The molecule has 1 aliphatic heterocycles. The Balaban J connectivity index is 2.17. The van der Waals surface area contributed by atoms with E-state index in [-0.39, 0.29) is 11.2 Å². The highest BCUT2D eigenvalue weighted by Gasteiger charge is 2.23. The zero-order chi connectivity index (χ0) is 13.4. The number of hydrogen-bond acceptors (Lipinski definition) is 2. The van der Waals surface area contributed by atoms with Gasteiger partial charge in [-0.3, -0.25) is 0 Å². The summed E-state index contributed by atoms with van der Waals surface area (Å²) >= 11 is 8.23. The number of rotatable bonds is 2. The number of fused-ring (bicyclic) bond motifs is 1. The van der Waals surface area contributed by atoms with Crippen molar-refractivity contribution in [1.29, 1.82) is 0 Å². The van der Waals surface area contributed by atoms with E-state index in [0.717, 1.165) is 41.2 Å². The van der Waals surface area contributed by atoms with Crippen LogP contribution in [0.2, 0.25) is 0 Å². The van der Waals surface area contributed by atoms with Crippen molar-refractivity contribution in [3.63, 3.8) is 0 Å². The molecule has 5 heteroatoms. The van der Waals surface area contributed by atoms with Gasteiger partial charge in [0, 0.05) is 6.04 Å². The zero-order valence-electron chi connectivity index (χ0n) is 10.8. The molecule has 2 heterocycles. The van der Waals surface area contributed by atoms with Crippen LogP contribution in [-0.2, 0) is 0 Å². The molecule has 0 spiro atoms. The number of thioether (sulfide) groups is 1. The fourth-order valence-electron chi connectivity index (χ4n) is 2.69. The fourth-order valence-corrected chi connectivity index (χ4v) is 3.93. The lowest BCUT2D eigenvalue weighted by molar-refractivity contribution is 0.464. The van der Waals surface area contributed by atoms with E-state index >= 15 is 0 Å². The van der Waals surface area contributed by atoms with Crippen LogP contribution >= 0.6 is 23.4 Å². The van der Waals surface area contributed by atoms with Crippen molar-refractivity contribution in [2.45, 2.75) is 31.2 Å². The molecule has 1 unspecified atom stereocenters. The van der Waals surface area contributed by atoms with Crippen molar-refractivity contribution in [2.75, 3.05) is 11.5 Å². The number of alkyl halides is 1. The third kappa shape index (κ3) is 2.48. The van der Waals surface area contributed by atoms with E-state index in [2.05, 4.69) is 9.55 Å². The third-order valence-corrected chi connectivity index (χ3v) is 4.83. The summed E-state index contributed by atoms with van der Waals surface area (Å²) in [5.41, 5.74) is 1.71. The van der Waals surface area contributed by atoms with E-state index in [1.165, 1.54) is 6.07 Å². The van der Waals surface area contributed by atoms with Gasteiger partial charge in [0.1, 0.15) is 11.6 Å². The van der Waals surface area contributed by atoms with Crippen LogP contribution in [0.15, 0.2) is 18.2 Å². The topological polar surface area (TPSA) is 17.8 Å². The number of aromatic nitrogens is 2. The van der Waals surface area contributed by atoms with Gasteiger partial charge < -0.3 is 4.57 Å². The lowest BCUT2D eigenvalue weighted by Crippen LogP contribution is -2.17. The van der Waals surface area contributed by atoms with Crippen molar-refractivity contribution in [1.82, 2.24) is 9.55 Å². The molecule has 1 atom stereocenters. The summed E-state index contributed by atoms with van der Waals surface area (Å²) in [6, 6.07) is 5.16. The Morgan fingerprint density at radius 3 is 2.84 bits per heavy atom. The van der Waals surface area contributed by atoms with Gasteiger partial charge in [0.15, 0.2) is 0 Å². The Bertz CT molecular complexity index is 590. The summed E-state index contributed by atoms with van der Waals surface area (Å²) in [5.74, 6) is 2.94. The molecule has 2 aromatic rings. The number of halogens is 2. The SMILES string of the molecule is CC(Cl)c1nc2ccc(F)cc2n1C1CCSCC1. The molecule has 1 fully saturated rings. The molecule has 0 N–H and O–H groups in total. The lowest BCUT2D eigenvalue weighted by atomic mass is 10.1. The maximum Gasteiger partial charge on any atom is 0.127 e. The van der Waals surface area contributed by atoms with Crippen LogP contribution in [0.1, 0.15) is 37.0 Å². The Morgan fingerprint density at radius 2 is 2.16 bits per heavy atom. The van der Waals surface area contributed by atoms with Crippen molar-refractivity contribution >= 4 is 34.4 Å². The number of nitrogens with zero attached hydrogens (tertiary/aromatic N) is 2. The van der Waals surface area contributed by atoms with Crippen LogP contribution in [0.3, 0.4) is 0 Å². The Kier molecular flexibility index (Phi) is 3.72. The standard InChI is InChI=1S/C14H16ClFN2S/c1-9(15)14-17-12-3-2-10(16)8-13(12)18(14)11-4-6-19-7-5-11/h2-3,8-9,11H,4-7H2,1H3. The number of benzene rings is 1. The summed E-state index contributed by atoms with van der Waals surface area (Å²) < 4.78 is 15.7. The van der Waals surface area contributed by atoms with Gasteiger partial charge in [0.2, 0.25) is 0 Å². The molecule has 0 saturated carbocycles. The van der Waals surface area contributed by atoms with Crippen molar-refractivity contribution in [2.24, 2.45) is 0 Å². The Morgan fingerprint density at radius 1 is 1.42 bits per heavy atom. The van der Waals surface area contributed by atoms with Crippen LogP contribution in [-0.4, -0.2) is 21.1 Å². The smallest absolute Gasteiger partial charge is 0.127 e. The molecule has 1 aliphatic rings. The van der Waals surface area contributed by atoms with Gasteiger partial charge in [0.25, 0.3) is 0 Å². The first kappa shape index (κ1) is 13.3. The molecule has 3 rings (SSSR count). The third-order valence-electron chi connectivity index (χ3n) is 3.59. The van der Waals surface area contributed by atoms with Crippen LogP contribution in [0.4, 0.5) is 4.39 Å². The molecule has 102 valence electrons. The summed E-state index contributed by atoms with van der Waals surface area (Å²) in [7, 11) is 0. The highest BCUT2D eigenvalue weighted by molar-refractivity contribution is 7.99.